The molecule has 0 saturated heterocycles. The fourth-order valence-corrected chi connectivity index (χ4v) is 1.11. The Labute approximate surface area is 78.5 Å². The summed E-state index contributed by atoms with van der Waals surface area (Å²) in [5.41, 5.74) is 0. The second-order valence-corrected chi connectivity index (χ2v) is 3.84. The molecular weight excluding hydrogens is 174 g/mol. The van der Waals surface area contributed by atoms with Crippen LogP contribution in [0.15, 0.2) is 0 Å². The number of carbonyl (C=O) groups excluding carboxylic acids is 1. The molecule has 0 bridgehead atoms. The largest absolute Gasteiger partial charge is 0.299 e. The molecule has 78 valence electrons. The molecule has 0 aliphatic rings. The number of carbonyl (C=O) groups is 1. The van der Waals surface area contributed by atoms with Crippen LogP contribution >= 0.6 is 0 Å². The van der Waals surface area contributed by atoms with E-state index < -0.39 is 17.8 Å². The molecule has 0 heterocycles. The van der Waals surface area contributed by atoms with Crippen molar-refractivity contribution in [2.24, 2.45) is 11.8 Å². The van der Waals surface area contributed by atoms with E-state index in [4.69, 9.17) is 0 Å². The highest BCUT2D eigenvalue weighted by molar-refractivity contribution is 5.80. The molecule has 0 N–H and O–H groups in total. The van der Waals surface area contributed by atoms with Crippen LogP contribution in [0.2, 0.25) is 0 Å². The lowest BCUT2D eigenvalue weighted by atomic mass is 9.91. The fraction of sp³-hybridized carbons (Fsp3) is 0.900. The van der Waals surface area contributed by atoms with Gasteiger partial charge < -0.3 is 0 Å². The average molecular weight is 192 g/mol. The summed E-state index contributed by atoms with van der Waals surface area (Å²) in [7, 11) is 0. The van der Waals surface area contributed by atoms with Gasteiger partial charge in [0, 0.05) is 24.7 Å². The van der Waals surface area contributed by atoms with Crippen molar-refractivity contribution in [2.75, 3.05) is 0 Å². The van der Waals surface area contributed by atoms with Crippen molar-refractivity contribution in [1.82, 2.24) is 0 Å². The zero-order valence-corrected chi connectivity index (χ0v) is 8.73. The quantitative estimate of drug-likeness (QED) is 0.653. The molecule has 0 rings (SSSR count). The molecule has 0 aromatic rings. The van der Waals surface area contributed by atoms with Crippen LogP contribution in [0.4, 0.5) is 8.78 Å². The maximum absolute atomic E-state index is 13.1. The molecule has 0 aliphatic carbocycles. The monoisotopic (exact) mass is 192 g/mol. The van der Waals surface area contributed by atoms with Crippen LogP contribution in [-0.4, -0.2) is 11.7 Å². The van der Waals surface area contributed by atoms with Gasteiger partial charge in [0.05, 0.1) is 0 Å². The Balaban J connectivity index is 4.19. The maximum atomic E-state index is 13.1. The fourth-order valence-electron chi connectivity index (χ4n) is 1.11. The second-order valence-electron chi connectivity index (χ2n) is 3.84. The first-order valence-electron chi connectivity index (χ1n) is 4.71. The van der Waals surface area contributed by atoms with Crippen molar-refractivity contribution in [1.29, 1.82) is 0 Å². The number of alkyl halides is 2. The highest BCUT2D eigenvalue weighted by Gasteiger charge is 2.36. The van der Waals surface area contributed by atoms with Crippen LogP contribution in [0, 0.1) is 11.8 Å². The zero-order chi connectivity index (χ0) is 10.6. The van der Waals surface area contributed by atoms with E-state index in [1.807, 2.05) is 0 Å². The van der Waals surface area contributed by atoms with Gasteiger partial charge in [-0.3, -0.25) is 4.79 Å². The summed E-state index contributed by atoms with van der Waals surface area (Å²) < 4.78 is 26.3. The number of Topliss-reactive ketones (excluding diaryl/α,β-unsaturated/α-hetero) is 1. The molecule has 0 spiro atoms. The molecule has 13 heavy (non-hydrogen) atoms. The first-order chi connectivity index (χ1) is 5.81. The van der Waals surface area contributed by atoms with Crippen molar-refractivity contribution in [3.63, 3.8) is 0 Å². The van der Waals surface area contributed by atoms with Crippen molar-refractivity contribution in [3.8, 4) is 0 Å². The highest BCUT2D eigenvalue weighted by atomic mass is 19.3. The van der Waals surface area contributed by atoms with Crippen LogP contribution in [0.3, 0.4) is 0 Å². The van der Waals surface area contributed by atoms with Gasteiger partial charge in [-0.1, -0.05) is 27.7 Å². The number of rotatable bonds is 5. The molecule has 0 amide bonds. The summed E-state index contributed by atoms with van der Waals surface area (Å²) in [5, 5.41) is 0. The van der Waals surface area contributed by atoms with Crippen molar-refractivity contribution in [3.05, 3.63) is 0 Å². The lowest BCUT2D eigenvalue weighted by Gasteiger charge is -2.23. The van der Waals surface area contributed by atoms with Crippen LogP contribution in [0.5, 0.6) is 0 Å². The molecule has 1 nitrogen and oxygen atoms in total. The number of hydrogen-bond donors (Lipinski definition) is 0. The van der Waals surface area contributed by atoms with Gasteiger partial charge in [-0.05, 0) is 0 Å². The third-order valence-electron chi connectivity index (χ3n) is 2.32. The Bertz CT molecular complexity index is 176. The molecular formula is C10H18F2O. The summed E-state index contributed by atoms with van der Waals surface area (Å²) >= 11 is 0. The van der Waals surface area contributed by atoms with Crippen molar-refractivity contribution in [2.45, 2.75) is 46.5 Å². The van der Waals surface area contributed by atoms with Crippen LogP contribution in [0.25, 0.3) is 0 Å². The summed E-state index contributed by atoms with van der Waals surface area (Å²) in [4.78, 5) is 11.1. The Morgan fingerprint density at radius 1 is 1.31 bits per heavy atom. The van der Waals surface area contributed by atoms with Gasteiger partial charge in [-0.2, -0.15) is 0 Å². The predicted octanol–water partition coefficient (Wildman–Crippen LogP) is 3.28. The van der Waals surface area contributed by atoms with Crippen LogP contribution in [0.1, 0.15) is 40.5 Å². The maximum Gasteiger partial charge on any atom is 0.251 e. The van der Waals surface area contributed by atoms with E-state index in [-0.39, 0.29) is 12.2 Å². The summed E-state index contributed by atoms with van der Waals surface area (Å²) in [5.74, 6) is -4.02. The highest BCUT2D eigenvalue weighted by Crippen LogP contribution is 2.31. The molecule has 0 saturated carbocycles. The summed E-state index contributed by atoms with van der Waals surface area (Å²) in [6, 6.07) is 0. The van der Waals surface area contributed by atoms with Crippen molar-refractivity contribution < 1.29 is 13.6 Å². The molecule has 0 radical (unpaired) electrons. The third kappa shape index (κ3) is 3.83. The second kappa shape index (κ2) is 4.68. The van der Waals surface area contributed by atoms with E-state index in [1.54, 1.807) is 13.8 Å². The van der Waals surface area contributed by atoms with Crippen LogP contribution in [-0.2, 0) is 4.79 Å². The molecule has 0 aliphatic heterocycles. The Morgan fingerprint density at radius 2 is 1.77 bits per heavy atom. The number of hydrogen-bond acceptors (Lipinski definition) is 1. The topological polar surface area (TPSA) is 17.1 Å². The summed E-state index contributed by atoms with van der Waals surface area (Å²) in [6.07, 6.45) is 0.0205. The SMILES string of the molecule is CCC(=O)C(C)CC(F)(F)C(C)C. The summed E-state index contributed by atoms with van der Waals surface area (Å²) in [6.45, 7) is 6.22. The third-order valence-corrected chi connectivity index (χ3v) is 2.32. The van der Waals surface area contributed by atoms with E-state index in [0.717, 1.165) is 0 Å². The Morgan fingerprint density at radius 3 is 2.08 bits per heavy atom. The molecule has 1 atom stereocenters. The Kier molecular flexibility index (Phi) is 4.51. The van der Waals surface area contributed by atoms with E-state index >= 15 is 0 Å². The minimum absolute atomic E-state index is 0.0830. The van der Waals surface area contributed by atoms with E-state index in [2.05, 4.69) is 0 Å². The van der Waals surface area contributed by atoms with E-state index in [0.29, 0.717) is 6.42 Å². The van der Waals surface area contributed by atoms with Gasteiger partial charge in [-0.15, -0.1) is 0 Å². The standard InChI is InChI=1S/C10H18F2O/c1-5-9(13)8(4)6-10(11,12)7(2)3/h7-8H,5-6H2,1-4H3. The average Bonchev–Trinajstić information content (AvgIpc) is 2.01. The zero-order valence-electron chi connectivity index (χ0n) is 8.73. The first-order valence-corrected chi connectivity index (χ1v) is 4.71. The van der Waals surface area contributed by atoms with Gasteiger partial charge in [0.2, 0.25) is 0 Å². The lowest BCUT2D eigenvalue weighted by molar-refractivity contribution is -0.127. The lowest BCUT2D eigenvalue weighted by Crippen LogP contribution is -2.29. The van der Waals surface area contributed by atoms with Gasteiger partial charge in [0.25, 0.3) is 5.92 Å². The molecule has 1 unspecified atom stereocenters. The van der Waals surface area contributed by atoms with Gasteiger partial charge in [0.1, 0.15) is 5.78 Å². The minimum atomic E-state index is -2.72. The molecule has 3 heteroatoms. The van der Waals surface area contributed by atoms with E-state index in [1.165, 1.54) is 13.8 Å². The van der Waals surface area contributed by atoms with Gasteiger partial charge >= 0.3 is 0 Å². The predicted molar refractivity (Wildman–Crippen MR) is 48.9 cm³/mol. The smallest absolute Gasteiger partial charge is 0.251 e. The Hall–Kier alpha value is -0.470. The molecule has 0 aromatic carbocycles. The van der Waals surface area contributed by atoms with E-state index in [9.17, 15) is 13.6 Å². The first kappa shape index (κ1) is 12.5. The molecule has 0 fully saturated rings. The van der Waals surface area contributed by atoms with Crippen LogP contribution < -0.4 is 0 Å². The van der Waals surface area contributed by atoms with Crippen molar-refractivity contribution >= 4 is 5.78 Å². The van der Waals surface area contributed by atoms with Gasteiger partial charge in [-0.25, -0.2) is 8.78 Å². The number of ketones is 1. The minimum Gasteiger partial charge on any atom is -0.299 e. The van der Waals surface area contributed by atoms with Gasteiger partial charge in [0.15, 0.2) is 0 Å². The number of halogens is 2. The molecule has 0 aromatic heterocycles. The normalized spacial score (nSPS) is 14.7.